The number of aromatic nitrogens is 1. The molecule has 0 radical (unpaired) electrons. The van der Waals surface area contributed by atoms with Gasteiger partial charge in [-0.05, 0) is 13.5 Å². The Kier molecular flexibility index (Phi) is 9.53. The Morgan fingerprint density at radius 1 is 1.10 bits per heavy atom. The van der Waals surface area contributed by atoms with Crippen LogP contribution in [0.5, 0.6) is 0 Å². The Labute approximate surface area is 131 Å². The predicted octanol–water partition coefficient (Wildman–Crippen LogP) is 1.50. The molecule has 1 aromatic heterocycles. The number of methoxy groups -OCH3 is 3. The zero-order chi connectivity index (χ0) is 15.5. The lowest BCUT2D eigenvalue weighted by atomic mass is 10.3. The summed E-state index contributed by atoms with van der Waals surface area (Å²) in [7, 11) is 7.09. The molecule has 0 saturated heterocycles. The van der Waals surface area contributed by atoms with E-state index in [1.165, 1.54) is 4.88 Å². The van der Waals surface area contributed by atoms with E-state index in [4.69, 9.17) is 19.2 Å². The lowest BCUT2D eigenvalue weighted by Crippen LogP contribution is -2.29. The van der Waals surface area contributed by atoms with Crippen LogP contribution in [0.2, 0.25) is 0 Å². The van der Waals surface area contributed by atoms with E-state index in [2.05, 4.69) is 10.2 Å². The van der Waals surface area contributed by atoms with Crippen LogP contribution >= 0.6 is 11.3 Å². The highest BCUT2D eigenvalue weighted by molar-refractivity contribution is 7.15. The SMILES string of the molecule is CNCc1sc(N(CCCOC)CCOC)nc1COC. The summed E-state index contributed by atoms with van der Waals surface area (Å²) in [6.45, 7) is 4.54. The third-order valence-corrected chi connectivity index (χ3v) is 4.16. The second-order valence-electron chi connectivity index (χ2n) is 4.66. The molecule has 0 aliphatic heterocycles. The van der Waals surface area contributed by atoms with Gasteiger partial charge in [-0.25, -0.2) is 4.98 Å². The zero-order valence-corrected chi connectivity index (χ0v) is 14.3. The minimum Gasteiger partial charge on any atom is -0.385 e. The van der Waals surface area contributed by atoms with Crippen molar-refractivity contribution in [3.8, 4) is 0 Å². The fraction of sp³-hybridized carbons (Fsp3) is 0.786. The van der Waals surface area contributed by atoms with Gasteiger partial charge >= 0.3 is 0 Å². The number of hydrogen-bond acceptors (Lipinski definition) is 7. The maximum absolute atomic E-state index is 5.24. The van der Waals surface area contributed by atoms with E-state index >= 15 is 0 Å². The molecule has 0 bridgehead atoms. The Hall–Kier alpha value is -0.730. The maximum atomic E-state index is 5.24. The van der Waals surface area contributed by atoms with Gasteiger partial charge in [-0.15, -0.1) is 11.3 Å². The molecule has 0 saturated carbocycles. The Morgan fingerprint density at radius 3 is 2.48 bits per heavy atom. The second-order valence-corrected chi connectivity index (χ2v) is 5.72. The Bertz CT molecular complexity index is 364. The van der Waals surface area contributed by atoms with Gasteiger partial charge in [-0.2, -0.15) is 0 Å². The summed E-state index contributed by atoms with van der Waals surface area (Å²) in [5, 5.41) is 4.21. The number of nitrogens with zero attached hydrogens (tertiary/aromatic N) is 2. The zero-order valence-electron chi connectivity index (χ0n) is 13.5. The van der Waals surface area contributed by atoms with E-state index < -0.39 is 0 Å². The van der Waals surface area contributed by atoms with Crippen LogP contribution in [0.3, 0.4) is 0 Å². The summed E-state index contributed by atoms with van der Waals surface area (Å²) in [5.41, 5.74) is 1.01. The number of hydrogen-bond donors (Lipinski definition) is 1. The molecule has 1 N–H and O–H groups in total. The first-order valence-electron chi connectivity index (χ1n) is 7.11. The van der Waals surface area contributed by atoms with Crippen molar-refractivity contribution >= 4 is 16.5 Å². The highest BCUT2D eigenvalue weighted by Gasteiger charge is 2.15. The van der Waals surface area contributed by atoms with Gasteiger partial charge in [-0.3, -0.25) is 0 Å². The maximum Gasteiger partial charge on any atom is 0.185 e. The number of thiazole rings is 1. The first-order chi connectivity index (χ1) is 10.3. The largest absolute Gasteiger partial charge is 0.385 e. The average Bonchev–Trinajstić information content (AvgIpc) is 2.86. The summed E-state index contributed by atoms with van der Waals surface area (Å²) in [5.74, 6) is 0. The average molecular weight is 317 g/mol. The van der Waals surface area contributed by atoms with Crippen LogP contribution in [-0.4, -0.2) is 59.7 Å². The van der Waals surface area contributed by atoms with E-state index in [0.717, 1.165) is 43.5 Å². The molecular weight excluding hydrogens is 290 g/mol. The lowest BCUT2D eigenvalue weighted by Gasteiger charge is -2.21. The number of anilines is 1. The second kappa shape index (κ2) is 10.9. The molecule has 0 unspecified atom stereocenters. The van der Waals surface area contributed by atoms with E-state index in [0.29, 0.717) is 13.2 Å². The first kappa shape index (κ1) is 18.3. The van der Waals surface area contributed by atoms with Gasteiger partial charge in [0.25, 0.3) is 0 Å². The van der Waals surface area contributed by atoms with Gasteiger partial charge < -0.3 is 24.4 Å². The highest BCUT2D eigenvalue weighted by atomic mass is 32.1. The molecule has 0 aromatic carbocycles. The van der Waals surface area contributed by atoms with Gasteiger partial charge in [0.2, 0.25) is 0 Å². The van der Waals surface area contributed by atoms with Crippen molar-refractivity contribution in [2.24, 2.45) is 0 Å². The molecule has 0 amide bonds. The Balaban J connectivity index is 2.80. The highest BCUT2D eigenvalue weighted by Crippen LogP contribution is 2.27. The summed E-state index contributed by atoms with van der Waals surface area (Å²) >= 11 is 1.72. The van der Waals surface area contributed by atoms with E-state index in [1.54, 1.807) is 32.7 Å². The van der Waals surface area contributed by atoms with Gasteiger partial charge in [-0.1, -0.05) is 0 Å². The fourth-order valence-electron chi connectivity index (χ4n) is 1.96. The number of nitrogens with one attached hydrogen (secondary N) is 1. The molecule has 0 fully saturated rings. The van der Waals surface area contributed by atoms with Crippen LogP contribution < -0.4 is 10.2 Å². The van der Waals surface area contributed by atoms with Gasteiger partial charge in [0, 0.05) is 52.4 Å². The van der Waals surface area contributed by atoms with Gasteiger partial charge in [0.1, 0.15) is 0 Å². The van der Waals surface area contributed by atoms with E-state index in [1.807, 2.05) is 7.05 Å². The van der Waals surface area contributed by atoms with Crippen molar-refractivity contribution in [1.82, 2.24) is 10.3 Å². The predicted molar refractivity (Wildman–Crippen MR) is 86.2 cm³/mol. The topological polar surface area (TPSA) is 55.9 Å². The lowest BCUT2D eigenvalue weighted by molar-refractivity contribution is 0.181. The smallest absolute Gasteiger partial charge is 0.185 e. The summed E-state index contributed by atoms with van der Waals surface area (Å²) in [4.78, 5) is 8.21. The molecule has 0 aliphatic rings. The van der Waals surface area contributed by atoms with Crippen molar-refractivity contribution < 1.29 is 14.2 Å². The van der Waals surface area contributed by atoms with Crippen molar-refractivity contribution in [1.29, 1.82) is 0 Å². The standard InChI is InChI=1S/C14H27N3O3S/c1-15-10-13-12(11-20-4)16-14(21-13)17(7-9-19-3)6-5-8-18-2/h15H,5-11H2,1-4H3. The molecule has 6 nitrogen and oxygen atoms in total. The molecule has 21 heavy (non-hydrogen) atoms. The first-order valence-corrected chi connectivity index (χ1v) is 7.93. The Morgan fingerprint density at radius 2 is 1.86 bits per heavy atom. The van der Waals surface area contributed by atoms with E-state index in [-0.39, 0.29) is 0 Å². The number of rotatable bonds is 12. The number of ether oxygens (including phenoxy) is 3. The molecule has 122 valence electrons. The van der Waals surface area contributed by atoms with Crippen LogP contribution in [-0.2, 0) is 27.4 Å². The molecule has 1 heterocycles. The van der Waals surface area contributed by atoms with Crippen LogP contribution in [0.4, 0.5) is 5.13 Å². The molecule has 1 aromatic rings. The van der Waals surface area contributed by atoms with Crippen molar-refractivity contribution in [3.63, 3.8) is 0 Å². The molecule has 0 aliphatic carbocycles. The van der Waals surface area contributed by atoms with Gasteiger partial charge in [0.05, 0.1) is 18.9 Å². The van der Waals surface area contributed by atoms with Crippen molar-refractivity contribution in [3.05, 3.63) is 10.6 Å². The van der Waals surface area contributed by atoms with Crippen LogP contribution in [0, 0.1) is 0 Å². The third kappa shape index (κ3) is 6.27. The molecule has 7 heteroatoms. The van der Waals surface area contributed by atoms with Crippen LogP contribution in [0.15, 0.2) is 0 Å². The van der Waals surface area contributed by atoms with Crippen LogP contribution in [0.1, 0.15) is 17.0 Å². The summed E-state index contributed by atoms with van der Waals surface area (Å²) in [6, 6.07) is 0. The fourth-order valence-corrected chi connectivity index (χ4v) is 3.08. The molecule has 0 atom stereocenters. The van der Waals surface area contributed by atoms with Crippen molar-refractivity contribution in [2.75, 3.05) is 59.6 Å². The van der Waals surface area contributed by atoms with E-state index in [9.17, 15) is 0 Å². The van der Waals surface area contributed by atoms with Crippen LogP contribution in [0.25, 0.3) is 0 Å². The van der Waals surface area contributed by atoms with Crippen molar-refractivity contribution in [2.45, 2.75) is 19.6 Å². The monoisotopic (exact) mass is 317 g/mol. The third-order valence-electron chi connectivity index (χ3n) is 3.00. The normalized spacial score (nSPS) is 11.0. The van der Waals surface area contributed by atoms with Gasteiger partial charge in [0.15, 0.2) is 5.13 Å². The molecular formula is C14H27N3O3S. The minimum atomic E-state index is 0.545. The molecule has 1 rings (SSSR count). The summed E-state index contributed by atoms with van der Waals surface area (Å²) in [6.07, 6.45) is 0.973. The molecule has 0 spiro atoms. The minimum absolute atomic E-state index is 0.545. The quantitative estimate of drug-likeness (QED) is 0.590. The summed E-state index contributed by atoms with van der Waals surface area (Å²) < 4.78 is 15.6.